The molecule has 0 radical (unpaired) electrons. The van der Waals surface area contributed by atoms with Crippen molar-refractivity contribution in [3.63, 3.8) is 0 Å². The van der Waals surface area contributed by atoms with Gasteiger partial charge in [0.1, 0.15) is 6.54 Å². The van der Waals surface area contributed by atoms with Crippen LogP contribution in [0.3, 0.4) is 0 Å². The molecular formula is C10H24NO+. The van der Waals surface area contributed by atoms with E-state index in [1.807, 2.05) is 0 Å². The Bertz CT molecular complexity index is 119. The third kappa shape index (κ3) is 4.73. The van der Waals surface area contributed by atoms with Crippen molar-refractivity contribution in [3.8, 4) is 0 Å². The van der Waals surface area contributed by atoms with Crippen molar-refractivity contribution >= 4 is 0 Å². The molecule has 0 N–H and O–H groups in total. The van der Waals surface area contributed by atoms with Gasteiger partial charge in [-0.05, 0) is 27.7 Å². The highest BCUT2D eigenvalue weighted by molar-refractivity contribution is 4.42. The van der Waals surface area contributed by atoms with Crippen LogP contribution < -0.4 is 0 Å². The van der Waals surface area contributed by atoms with Gasteiger partial charge >= 0.3 is 0 Å². The summed E-state index contributed by atoms with van der Waals surface area (Å²) < 4.78 is 6.55. The van der Waals surface area contributed by atoms with Crippen molar-refractivity contribution in [1.82, 2.24) is 0 Å². The maximum Gasteiger partial charge on any atom is 0.102 e. The van der Waals surface area contributed by atoms with Crippen molar-refractivity contribution in [1.29, 1.82) is 0 Å². The maximum atomic E-state index is 5.51. The minimum Gasteiger partial charge on any atom is -0.373 e. The largest absolute Gasteiger partial charge is 0.373 e. The molecule has 0 heterocycles. The Hall–Kier alpha value is -0.0800. The Morgan fingerprint density at radius 2 is 1.58 bits per heavy atom. The van der Waals surface area contributed by atoms with Crippen LogP contribution >= 0.6 is 0 Å². The van der Waals surface area contributed by atoms with E-state index in [2.05, 4.69) is 41.8 Å². The molecule has 0 aliphatic carbocycles. The van der Waals surface area contributed by atoms with Gasteiger partial charge < -0.3 is 9.22 Å². The van der Waals surface area contributed by atoms with Gasteiger partial charge in [-0.3, -0.25) is 0 Å². The summed E-state index contributed by atoms with van der Waals surface area (Å²) >= 11 is 0. The molecule has 0 amide bonds. The Kier molecular flexibility index (Phi) is 4.80. The predicted octanol–water partition coefficient (Wildman–Crippen LogP) is 1.90. The molecule has 0 bridgehead atoms. The molecule has 74 valence electrons. The third-order valence-electron chi connectivity index (χ3n) is 2.52. The smallest absolute Gasteiger partial charge is 0.102 e. The standard InChI is InChI=1S/C10H24NO/c1-9(2)11(5,6)7-8-12-10(3)4/h9-10H,7-8H2,1-6H3/q+1. The van der Waals surface area contributed by atoms with E-state index in [-0.39, 0.29) is 0 Å². The van der Waals surface area contributed by atoms with Gasteiger partial charge in [-0.15, -0.1) is 0 Å². The minimum atomic E-state index is 0.358. The van der Waals surface area contributed by atoms with Gasteiger partial charge in [0, 0.05) is 0 Å². The molecule has 0 aliphatic heterocycles. The van der Waals surface area contributed by atoms with Crippen molar-refractivity contribution in [3.05, 3.63) is 0 Å². The fraction of sp³-hybridized carbons (Fsp3) is 1.00. The molecule has 2 nitrogen and oxygen atoms in total. The summed E-state index contributed by atoms with van der Waals surface area (Å²) in [6, 6.07) is 0.667. The second kappa shape index (κ2) is 4.83. The van der Waals surface area contributed by atoms with Gasteiger partial charge in [-0.2, -0.15) is 0 Å². The summed E-state index contributed by atoms with van der Waals surface area (Å²) in [6.45, 7) is 10.6. The van der Waals surface area contributed by atoms with Gasteiger partial charge in [0.05, 0.1) is 32.8 Å². The fourth-order valence-corrected chi connectivity index (χ4v) is 0.782. The predicted molar refractivity (Wildman–Crippen MR) is 53.2 cm³/mol. The summed E-state index contributed by atoms with van der Waals surface area (Å²) in [7, 11) is 4.49. The first-order valence-corrected chi connectivity index (χ1v) is 4.80. The summed E-state index contributed by atoms with van der Waals surface area (Å²) in [6.07, 6.45) is 0.358. The quantitative estimate of drug-likeness (QED) is 0.578. The zero-order chi connectivity index (χ0) is 9.78. The Morgan fingerprint density at radius 3 is 1.92 bits per heavy atom. The average Bonchev–Trinajstić information content (AvgIpc) is 1.85. The van der Waals surface area contributed by atoms with Crippen LogP contribution in [-0.2, 0) is 4.74 Å². The monoisotopic (exact) mass is 174 g/mol. The molecule has 2 heteroatoms. The second-order valence-electron chi connectivity index (χ2n) is 4.52. The van der Waals surface area contributed by atoms with Crippen LogP contribution in [0.4, 0.5) is 0 Å². The summed E-state index contributed by atoms with van der Waals surface area (Å²) in [5, 5.41) is 0. The van der Waals surface area contributed by atoms with Gasteiger partial charge in [0.15, 0.2) is 0 Å². The Balaban J connectivity index is 3.61. The third-order valence-corrected chi connectivity index (χ3v) is 2.52. The van der Waals surface area contributed by atoms with E-state index < -0.39 is 0 Å². The maximum absolute atomic E-state index is 5.51. The van der Waals surface area contributed by atoms with Crippen LogP contribution in [0.5, 0.6) is 0 Å². The molecule has 0 aromatic rings. The van der Waals surface area contributed by atoms with Crippen molar-refractivity contribution in [2.75, 3.05) is 27.2 Å². The number of ether oxygens (including phenoxy) is 1. The molecular weight excluding hydrogens is 150 g/mol. The van der Waals surface area contributed by atoms with E-state index in [9.17, 15) is 0 Å². The van der Waals surface area contributed by atoms with Crippen LogP contribution in [-0.4, -0.2) is 43.9 Å². The number of hydrogen-bond donors (Lipinski definition) is 0. The lowest BCUT2D eigenvalue weighted by Gasteiger charge is -2.34. The van der Waals surface area contributed by atoms with Gasteiger partial charge in [0.25, 0.3) is 0 Å². The van der Waals surface area contributed by atoms with Crippen molar-refractivity contribution in [2.45, 2.75) is 39.8 Å². The molecule has 0 saturated heterocycles. The molecule has 0 aromatic heterocycles. The molecule has 0 spiro atoms. The lowest BCUT2D eigenvalue weighted by atomic mass is 10.3. The number of rotatable bonds is 5. The van der Waals surface area contributed by atoms with E-state index in [0.29, 0.717) is 12.1 Å². The van der Waals surface area contributed by atoms with Crippen molar-refractivity contribution in [2.24, 2.45) is 0 Å². The molecule has 0 aromatic carbocycles. The molecule has 0 aliphatic rings. The minimum absolute atomic E-state index is 0.358. The van der Waals surface area contributed by atoms with Gasteiger partial charge in [0.2, 0.25) is 0 Å². The highest BCUT2D eigenvalue weighted by Crippen LogP contribution is 2.04. The number of quaternary nitrogens is 1. The first-order valence-electron chi connectivity index (χ1n) is 4.80. The zero-order valence-electron chi connectivity index (χ0n) is 9.42. The van der Waals surface area contributed by atoms with Crippen LogP contribution in [0.15, 0.2) is 0 Å². The molecule has 12 heavy (non-hydrogen) atoms. The lowest BCUT2D eigenvalue weighted by Crippen LogP contribution is -2.48. The lowest BCUT2D eigenvalue weighted by molar-refractivity contribution is -0.911. The molecule has 0 fully saturated rings. The number of likely N-dealkylation sites (N-methyl/N-ethyl adjacent to an activating group) is 1. The first kappa shape index (κ1) is 11.9. The van der Waals surface area contributed by atoms with Crippen LogP contribution in [0, 0.1) is 0 Å². The molecule has 0 rings (SSSR count). The number of nitrogens with zero attached hydrogens (tertiary/aromatic N) is 1. The van der Waals surface area contributed by atoms with E-state index >= 15 is 0 Å². The topological polar surface area (TPSA) is 9.23 Å². The van der Waals surface area contributed by atoms with Gasteiger partial charge in [-0.25, -0.2) is 0 Å². The summed E-state index contributed by atoms with van der Waals surface area (Å²) in [4.78, 5) is 0. The molecule has 0 saturated carbocycles. The summed E-state index contributed by atoms with van der Waals surface area (Å²) in [5.74, 6) is 0. The SMILES string of the molecule is CC(C)OCC[N+](C)(C)C(C)C. The van der Waals surface area contributed by atoms with E-state index in [1.54, 1.807) is 0 Å². The van der Waals surface area contributed by atoms with Crippen LogP contribution in [0.25, 0.3) is 0 Å². The second-order valence-corrected chi connectivity index (χ2v) is 4.52. The van der Waals surface area contributed by atoms with Crippen molar-refractivity contribution < 1.29 is 9.22 Å². The van der Waals surface area contributed by atoms with Crippen LogP contribution in [0.1, 0.15) is 27.7 Å². The van der Waals surface area contributed by atoms with E-state index in [0.717, 1.165) is 17.6 Å². The summed E-state index contributed by atoms with van der Waals surface area (Å²) in [5.41, 5.74) is 0. The number of hydrogen-bond acceptors (Lipinski definition) is 1. The Labute approximate surface area is 77.1 Å². The highest BCUT2D eigenvalue weighted by Gasteiger charge is 2.18. The van der Waals surface area contributed by atoms with Gasteiger partial charge in [-0.1, -0.05) is 0 Å². The zero-order valence-corrected chi connectivity index (χ0v) is 9.42. The average molecular weight is 174 g/mol. The van der Waals surface area contributed by atoms with E-state index in [1.165, 1.54) is 0 Å². The van der Waals surface area contributed by atoms with E-state index in [4.69, 9.17) is 4.74 Å². The first-order chi connectivity index (χ1) is 5.36. The Morgan fingerprint density at radius 1 is 1.08 bits per heavy atom. The normalized spacial score (nSPS) is 13.0. The highest BCUT2D eigenvalue weighted by atomic mass is 16.5. The molecule has 0 atom stereocenters. The van der Waals surface area contributed by atoms with Crippen LogP contribution in [0.2, 0.25) is 0 Å². The molecule has 0 unspecified atom stereocenters. The fourth-order valence-electron chi connectivity index (χ4n) is 0.782.